The van der Waals surface area contributed by atoms with Gasteiger partial charge in [0.15, 0.2) is 12.6 Å². The Hall–Kier alpha value is -2.29. The van der Waals surface area contributed by atoms with Crippen LogP contribution in [-0.4, -0.2) is 38.6 Å². The number of nitrogens with one attached hydrogen (secondary N) is 2. The monoisotopic (exact) mass is 538 g/mol. The Morgan fingerprint density at radius 2 is 1.65 bits per heavy atom. The topological polar surface area (TPSA) is 88.7 Å². The van der Waals surface area contributed by atoms with Crippen molar-refractivity contribution in [3.05, 3.63) is 65.2 Å². The minimum atomic E-state index is -0.483. The molecule has 0 fully saturated rings. The van der Waals surface area contributed by atoms with Gasteiger partial charge in [-0.2, -0.15) is 0 Å². The van der Waals surface area contributed by atoms with E-state index in [-0.39, 0.29) is 36.0 Å². The summed E-state index contributed by atoms with van der Waals surface area (Å²) in [6, 6.07) is 16.5. The van der Waals surface area contributed by atoms with Crippen molar-refractivity contribution in [2.24, 2.45) is 10.7 Å². The zero-order chi connectivity index (χ0) is 22.0. The van der Waals surface area contributed by atoms with Gasteiger partial charge in [0.2, 0.25) is 0 Å². The third-order valence-corrected chi connectivity index (χ3v) is 5.08. The highest BCUT2D eigenvalue weighted by Crippen LogP contribution is 2.22. The molecule has 0 radical (unpaired) electrons. The fourth-order valence-corrected chi connectivity index (χ4v) is 3.05. The summed E-state index contributed by atoms with van der Waals surface area (Å²) in [5.41, 5.74) is 8.90. The molecule has 0 aliphatic heterocycles. The van der Waals surface area contributed by atoms with Crippen molar-refractivity contribution in [2.45, 2.75) is 39.0 Å². The number of ether oxygens (including phenoxy) is 1. The number of guanidine groups is 1. The number of benzene rings is 2. The summed E-state index contributed by atoms with van der Waals surface area (Å²) in [7, 11) is 1.78. The van der Waals surface area contributed by atoms with Gasteiger partial charge in [-0.25, -0.2) is 0 Å². The van der Waals surface area contributed by atoms with E-state index in [0.717, 1.165) is 31.9 Å². The molecule has 7 heteroatoms. The second-order valence-electron chi connectivity index (χ2n) is 7.94. The fourth-order valence-electron chi connectivity index (χ4n) is 3.05. The van der Waals surface area contributed by atoms with Crippen molar-refractivity contribution in [1.29, 1.82) is 0 Å². The molecule has 0 spiro atoms. The van der Waals surface area contributed by atoms with Crippen molar-refractivity contribution in [1.82, 2.24) is 10.6 Å². The minimum Gasteiger partial charge on any atom is -0.484 e. The normalized spacial score (nSPS) is 11.4. The summed E-state index contributed by atoms with van der Waals surface area (Å²) < 4.78 is 5.28. The second kappa shape index (κ2) is 13.2. The molecule has 170 valence electrons. The van der Waals surface area contributed by atoms with Crippen molar-refractivity contribution in [3.8, 4) is 5.75 Å². The predicted octanol–water partition coefficient (Wildman–Crippen LogP) is 3.42. The van der Waals surface area contributed by atoms with Gasteiger partial charge >= 0.3 is 0 Å². The Labute approximate surface area is 203 Å². The van der Waals surface area contributed by atoms with Crippen LogP contribution in [0.25, 0.3) is 0 Å². The average Bonchev–Trinajstić information content (AvgIpc) is 2.75. The van der Waals surface area contributed by atoms with Gasteiger partial charge in [0.05, 0.1) is 0 Å². The van der Waals surface area contributed by atoms with E-state index >= 15 is 0 Å². The Morgan fingerprint density at radius 3 is 2.19 bits per heavy atom. The summed E-state index contributed by atoms with van der Waals surface area (Å²) in [5.74, 6) is 0.940. The van der Waals surface area contributed by atoms with Crippen LogP contribution in [-0.2, 0) is 23.1 Å². The molecule has 0 aliphatic rings. The zero-order valence-electron chi connectivity index (χ0n) is 18.9. The lowest BCUT2D eigenvalue weighted by molar-refractivity contribution is -0.119. The van der Waals surface area contributed by atoms with Gasteiger partial charge in [0, 0.05) is 25.6 Å². The molecule has 1 amide bonds. The SMILES string of the molecule is CCc1ccc(C(C)(C)CNC(=NC)NCCc2ccc(OCC(N)=O)cc2)cc1.I. The first-order valence-electron chi connectivity index (χ1n) is 10.4. The fraction of sp³-hybridized carbons (Fsp3) is 0.417. The van der Waals surface area contributed by atoms with Gasteiger partial charge in [-0.1, -0.05) is 57.2 Å². The quantitative estimate of drug-likeness (QED) is 0.246. The first-order chi connectivity index (χ1) is 14.3. The van der Waals surface area contributed by atoms with Crippen molar-refractivity contribution in [3.63, 3.8) is 0 Å². The smallest absolute Gasteiger partial charge is 0.255 e. The van der Waals surface area contributed by atoms with E-state index in [1.807, 2.05) is 24.3 Å². The minimum absolute atomic E-state index is 0. The molecule has 0 saturated carbocycles. The Morgan fingerprint density at radius 1 is 1.03 bits per heavy atom. The van der Waals surface area contributed by atoms with E-state index in [1.54, 1.807) is 7.05 Å². The maximum absolute atomic E-state index is 10.8. The molecule has 0 bridgehead atoms. The number of aryl methyl sites for hydroxylation is 1. The molecule has 0 heterocycles. The molecular weight excluding hydrogens is 503 g/mol. The standard InChI is InChI=1S/C24H34N4O2.HI/c1-5-18-6-10-20(11-7-18)24(2,3)17-28-23(26-4)27-15-14-19-8-12-21(13-9-19)30-16-22(25)29;/h6-13H,5,14-17H2,1-4H3,(H2,25,29)(H2,26,27,28);1H. The Balaban J connectivity index is 0.00000480. The highest BCUT2D eigenvalue weighted by Gasteiger charge is 2.20. The average molecular weight is 538 g/mol. The van der Waals surface area contributed by atoms with Gasteiger partial charge in [-0.15, -0.1) is 24.0 Å². The summed E-state index contributed by atoms with van der Waals surface area (Å²) >= 11 is 0. The maximum atomic E-state index is 10.8. The molecule has 0 aliphatic carbocycles. The van der Waals surface area contributed by atoms with Crippen LogP contribution in [0.1, 0.15) is 37.5 Å². The van der Waals surface area contributed by atoms with Gasteiger partial charge < -0.3 is 21.1 Å². The summed E-state index contributed by atoms with van der Waals surface area (Å²) in [6.45, 7) is 8.06. The van der Waals surface area contributed by atoms with Crippen LogP contribution in [0.4, 0.5) is 0 Å². The predicted molar refractivity (Wildman–Crippen MR) is 138 cm³/mol. The number of nitrogens with zero attached hydrogens (tertiary/aromatic N) is 1. The van der Waals surface area contributed by atoms with E-state index in [1.165, 1.54) is 16.7 Å². The van der Waals surface area contributed by atoms with Crippen LogP contribution in [0, 0.1) is 0 Å². The number of aliphatic imine (C=N–C) groups is 1. The number of amides is 1. The molecule has 2 aromatic carbocycles. The van der Waals surface area contributed by atoms with Crippen molar-refractivity contribution < 1.29 is 9.53 Å². The van der Waals surface area contributed by atoms with E-state index < -0.39 is 5.91 Å². The van der Waals surface area contributed by atoms with Gasteiger partial charge in [-0.05, 0) is 41.7 Å². The van der Waals surface area contributed by atoms with Gasteiger partial charge in [0.25, 0.3) is 5.91 Å². The Bertz CT molecular complexity index is 834. The van der Waals surface area contributed by atoms with Crippen LogP contribution in [0.5, 0.6) is 5.75 Å². The number of carbonyl (C=O) groups excluding carboxylic acids is 1. The number of nitrogens with two attached hydrogens (primary N) is 1. The molecule has 0 saturated heterocycles. The number of rotatable bonds is 10. The van der Waals surface area contributed by atoms with Gasteiger partial charge in [-0.3, -0.25) is 9.79 Å². The highest BCUT2D eigenvalue weighted by atomic mass is 127. The third-order valence-electron chi connectivity index (χ3n) is 5.08. The van der Waals surface area contributed by atoms with Gasteiger partial charge in [0.1, 0.15) is 5.75 Å². The lowest BCUT2D eigenvalue weighted by Crippen LogP contribution is -2.44. The first-order valence-corrected chi connectivity index (χ1v) is 10.4. The Kier molecular flexibility index (Phi) is 11.4. The van der Waals surface area contributed by atoms with Crippen LogP contribution >= 0.6 is 24.0 Å². The number of primary amides is 1. The zero-order valence-corrected chi connectivity index (χ0v) is 21.2. The molecule has 2 rings (SSSR count). The summed E-state index contributed by atoms with van der Waals surface area (Å²) in [4.78, 5) is 15.1. The first kappa shape index (κ1) is 26.7. The summed E-state index contributed by atoms with van der Waals surface area (Å²) in [5, 5.41) is 6.80. The molecule has 0 atom stereocenters. The van der Waals surface area contributed by atoms with Crippen LogP contribution in [0.2, 0.25) is 0 Å². The van der Waals surface area contributed by atoms with E-state index in [2.05, 4.69) is 60.7 Å². The molecule has 2 aromatic rings. The summed E-state index contributed by atoms with van der Waals surface area (Å²) in [6.07, 6.45) is 1.90. The maximum Gasteiger partial charge on any atom is 0.255 e. The molecule has 4 N–H and O–H groups in total. The third kappa shape index (κ3) is 9.16. The largest absolute Gasteiger partial charge is 0.484 e. The molecule has 0 unspecified atom stereocenters. The van der Waals surface area contributed by atoms with Crippen molar-refractivity contribution in [2.75, 3.05) is 26.7 Å². The molecule has 6 nitrogen and oxygen atoms in total. The van der Waals surface area contributed by atoms with Crippen LogP contribution in [0.15, 0.2) is 53.5 Å². The van der Waals surface area contributed by atoms with Crippen molar-refractivity contribution >= 4 is 35.8 Å². The number of hydrogen-bond donors (Lipinski definition) is 3. The second-order valence-corrected chi connectivity index (χ2v) is 7.94. The van der Waals surface area contributed by atoms with E-state index in [4.69, 9.17) is 10.5 Å². The number of carbonyl (C=O) groups is 1. The highest BCUT2D eigenvalue weighted by molar-refractivity contribution is 14.0. The van der Waals surface area contributed by atoms with Crippen LogP contribution in [0.3, 0.4) is 0 Å². The number of hydrogen-bond acceptors (Lipinski definition) is 3. The number of halogens is 1. The lowest BCUT2D eigenvalue weighted by Gasteiger charge is -2.27. The van der Waals surface area contributed by atoms with E-state index in [9.17, 15) is 4.79 Å². The molecule has 0 aromatic heterocycles. The lowest BCUT2D eigenvalue weighted by atomic mass is 9.84. The van der Waals surface area contributed by atoms with Crippen LogP contribution < -0.4 is 21.1 Å². The molecule has 31 heavy (non-hydrogen) atoms. The molecular formula is C24H35IN4O2. The van der Waals surface area contributed by atoms with E-state index in [0.29, 0.717) is 5.75 Å².